The van der Waals surface area contributed by atoms with Crippen molar-refractivity contribution < 1.29 is 0 Å². The predicted octanol–water partition coefficient (Wildman–Crippen LogP) is 6.82. The highest BCUT2D eigenvalue weighted by Gasteiger charge is 2.27. The molecule has 0 radical (unpaired) electrons. The third-order valence-electron chi connectivity index (χ3n) is 3.83. The molecule has 1 rings (SSSR count). The Morgan fingerprint density at radius 3 is 2.22 bits per heavy atom. The first-order valence-electron chi connectivity index (χ1n) is 7.38. The average Bonchev–Trinajstić information content (AvgIpc) is 2.80. The molecule has 0 aliphatic rings. The maximum Gasteiger partial charge on any atom is 0.0931 e. The molecular weight excluding hydrogens is 260 g/mol. The van der Waals surface area contributed by atoms with Crippen LogP contribution < -0.4 is 0 Å². The fraction of sp³-hybridized carbons (Fsp3) is 0.750. The first-order valence-corrected chi connectivity index (χ1v) is 8.57. The quantitative estimate of drug-likeness (QED) is 0.437. The Balaban J connectivity index is 2.62. The molecule has 0 saturated carbocycles. The summed E-state index contributed by atoms with van der Waals surface area (Å²) in [4.78, 5) is 1.48. The molecule has 0 nitrogen and oxygen atoms in total. The number of hydrogen-bond acceptors (Lipinski definition) is 1. The Labute approximate surface area is 122 Å². The van der Waals surface area contributed by atoms with Gasteiger partial charge >= 0.3 is 0 Å². The summed E-state index contributed by atoms with van der Waals surface area (Å²) in [6.07, 6.45) is 10.6. The molecule has 1 atom stereocenters. The molecule has 0 amide bonds. The Bertz CT molecular complexity index is 332. The second-order valence-electron chi connectivity index (χ2n) is 5.58. The van der Waals surface area contributed by atoms with Crippen molar-refractivity contribution in [1.29, 1.82) is 0 Å². The number of halogens is 1. The summed E-state index contributed by atoms with van der Waals surface area (Å²) in [5.74, 6) is 0. The van der Waals surface area contributed by atoms with Gasteiger partial charge in [-0.3, -0.25) is 0 Å². The van der Waals surface area contributed by atoms with Crippen LogP contribution in [0, 0.1) is 0 Å². The van der Waals surface area contributed by atoms with E-state index in [0.717, 1.165) is 4.34 Å². The molecule has 104 valence electrons. The summed E-state index contributed by atoms with van der Waals surface area (Å²) in [5.41, 5.74) is 0.349. The van der Waals surface area contributed by atoms with Crippen molar-refractivity contribution in [3.8, 4) is 0 Å². The van der Waals surface area contributed by atoms with Crippen molar-refractivity contribution in [3.63, 3.8) is 0 Å². The van der Waals surface area contributed by atoms with Gasteiger partial charge in [-0.25, -0.2) is 0 Å². The Hall–Kier alpha value is -0.0100. The van der Waals surface area contributed by atoms with E-state index in [9.17, 15) is 0 Å². The van der Waals surface area contributed by atoms with Gasteiger partial charge in [-0.05, 0) is 25.0 Å². The van der Waals surface area contributed by atoms with Crippen LogP contribution in [0.2, 0.25) is 4.34 Å². The zero-order chi connectivity index (χ0) is 13.4. The monoisotopic (exact) mass is 286 g/mol. The smallest absolute Gasteiger partial charge is 0.0931 e. The molecule has 1 heterocycles. The van der Waals surface area contributed by atoms with Crippen LogP contribution in [0.15, 0.2) is 12.1 Å². The van der Waals surface area contributed by atoms with Crippen LogP contribution in [0.1, 0.15) is 77.0 Å². The minimum absolute atomic E-state index is 0.349. The van der Waals surface area contributed by atoms with Crippen LogP contribution in [0.3, 0.4) is 0 Å². The fourth-order valence-corrected chi connectivity index (χ4v) is 3.76. The van der Waals surface area contributed by atoms with E-state index in [4.69, 9.17) is 11.6 Å². The van der Waals surface area contributed by atoms with Crippen LogP contribution in [0.5, 0.6) is 0 Å². The van der Waals surface area contributed by atoms with Gasteiger partial charge in [0.25, 0.3) is 0 Å². The maximum absolute atomic E-state index is 6.10. The Morgan fingerprint density at radius 2 is 1.67 bits per heavy atom. The highest BCUT2D eigenvalue weighted by Crippen LogP contribution is 2.40. The lowest BCUT2D eigenvalue weighted by Gasteiger charge is -2.28. The zero-order valence-electron chi connectivity index (χ0n) is 12.1. The molecule has 18 heavy (non-hydrogen) atoms. The zero-order valence-corrected chi connectivity index (χ0v) is 13.7. The topological polar surface area (TPSA) is 0 Å². The van der Waals surface area contributed by atoms with Crippen molar-refractivity contribution >= 4 is 22.9 Å². The van der Waals surface area contributed by atoms with Crippen molar-refractivity contribution in [2.75, 3.05) is 0 Å². The number of unbranched alkanes of at least 4 members (excludes halogenated alkanes) is 4. The number of thiophene rings is 1. The second kappa shape index (κ2) is 8.22. The van der Waals surface area contributed by atoms with E-state index in [1.54, 1.807) is 11.3 Å². The van der Waals surface area contributed by atoms with Crippen molar-refractivity contribution in [2.45, 2.75) is 77.6 Å². The van der Waals surface area contributed by atoms with Gasteiger partial charge in [0, 0.05) is 10.3 Å². The van der Waals surface area contributed by atoms with Gasteiger partial charge in [-0.15, -0.1) is 11.3 Å². The molecule has 1 unspecified atom stereocenters. The van der Waals surface area contributed by atoms with Crippen molar-refractivity contribution in [2.24, 2.45) is 0 Å². The largest absolute Gasteiger partial charge is 0.128 e. The molecule has 0 aromatic carbocycles. The Morgan fingerprint density at radius 1 is 1.00 bits per heavy atom. The van der Waals surface area contributed by atoms with E-state index in [-0.39, 0.29) is 0 Å². The summed E-state index contributed by atoms with van der Waals surface area (Å²) >= 11 is 7.88. The summed E-state index contributed by atoms with van der Waals surface area (Å²) in [7, 11) is 0. The summed E-state index contributed by atoms with van der Waals surface area (Å²) in [5, 5.41) is 0. The molecule has 2 heteroatoms. The van der Waals surface area contributed by atoms with E-state index in [0.29, 0.717) is 5.41 Å². The second-order valence-corrected chi connectivity index (χ2v) is 7.29. The molecule has 0 N–H and O–H groups in total. The van der Waals surface area contributed by atoms with E-state index in [1.165, 1.54) is 56.2 Å². The fourth-order valence-electron chi connectivity index (χ4n) is 2.52. The third-order valence-corrected chi connectivity index (χ3v) is 5.37. The molecular formula is C16H27ClS. The van der Waals surface area contributed by atoms with Crippen LogP contribution in [-0.4, -0.2) is 0 Å². The molecule has 0 spiro atoms. The number of rotatable bonds is 9. The predicted molar refractivity (Wildman–Crippen MR) is 85.0 cm³/mol. The van der Waals surface area contributed by atoms with E-state index in [1.807, 2.05) is 0 Å². The van der Waals surface area contributed by atoms with Gasteiger partial charge in [0.2, 0.25) is 0 Å². The first-order chi connectivity index (χ1) is 8.62. The lowest BCUT2D eigenvalue weighted by Crippen LogP contribution is -2.20. The lowest BCUT2D eigenvalue weighted by atomic mass is 9.78. The van der Waals surface area contributed by atoms with Crippen LogP contribution >= 0.6 is 22.9 Å². The first kappa shape index (κ1) is 16.0. The molecule has 0 bridgehead atoms. The third kappa shape index (κ3) is 4.93. The molecule has 0 saturated heterocycles. The average molecular weight is 287 g/mol. The molecule has 0 aliphatic carbocycles. The van der Waals surface area contributed by atoms with E-state index < -0.39 is 0 Å². The summed E-state index contributed by atoms with van der Waals surface area (Å²) < 4.78 is 0.932. The van der Waals surface area contributed by atoms with Crippen LogP contribution in [0.4, 0.5) is 0 Å². The molecule has 1 aromatic rings. The van der Waals surface area contributed by atoms with Gasteiger partial charge in [-0.1, -0.05) is 70.9 Å². The molecule has 1 aromatic heterocycles. The highest BCUT2D eigenvalue weighted by molar-refractivity contribution is 7.16. The van der Waals surface area contributed by atoms with Crippen LogP contribution in [-0.2, 0) is 5.41 Å². The summed E-state index contributed by atoms with van der Waals surface area (Å²) in [6.45, 7) is 6.98. The van der Waals surface area contributed by atoms with Crippen LogP contribution in [0.25, 0.3) is 0 Å². The van der Waals surface area contributed by atoms with Crippen molar-refractivity contribution in [1.82, 2.24) is 0 Å². The van der Waals surface area contributed by atoms with Gasteiger partial charge in [0.15, 0.2) is 0 Å². The molecule has 0 fully saturated rings. The summed E-state index contributed by atoms with van der Waals surface area (Å²) in [6, 6.07) is 4.29. The highest BCUT2D eigenvalue weighted by atomic mass is 35.5. The maximum atomic E-state index is 6.10. The Kier molecular flexibility index (Phi) is 7.33. The normalized spacial score (nSPS) is 14.7. The van der Waals surface area contributed by atoms with Gasteiger partial charge in [0.1, 0.15) is 0 Å². The SMILES string of the molecule is CCCCCCC(C)(CCCC)c1ccc(Cl)s1. The van der Waals surface area contributed by atoms with Gasteiger partial charge < -0.3 is 0 Å². The van der Waals surface area contributed by atoms with Gasteiger partial charge in [0.05, 0.1) is 4.34 Å². The van der Waals surface area contributed by atoms with Crippen molar-refractivity contribution in [3.05, 3.63) is 21.3 Å². The number of hydrogen-bond donors (Lipinski definition) is 0. The standard InChI is InChI=1S/C16H27ClS/c1-4-6-8-9-13-16(3,12-7-5-2)14-10-11-15(17)18-14/h10-11H,4-9,12-13H2,1-3H3. The minimum atomic E-state index is 0.349. The lowest BCUT2D eigenvalue weighted by molar-refractivity contribution is 0.375. The van der Waals surface area contributed by atoms with E-state index >= 15 is 0 Å². The molecule has 0 aliphatic heterocycles. The van der Waals surface area contributed by atoms with Gasteiger partial charge in [-0.2, -0.15) is 0 Å². The van der Waals surface area contributed by atoms with E-state index in [2.05, 4.69) is 32.9 Å². The minimum Gasteiger partial charge on any atom is -0.128 e.